The van der Waals surface area contributed by atoms with Gasteiger partial charge in [-0.2, -0.15) is 0 Å². The second-order valence-electron chi connectivity index (χ2n) is 4.74. The molecule has 110 valence electrons. The molecule has 1 unspecified atom stereocenters. The summed E-state index contributed by atoms with van der Waals surface area (Å²) in [4.78, 5) is 14.4. The smallest absolute Gasteiger partial charge is 0.255 e. The fraction of sp³-hybridized carbons (Fsp3) is 0.188. The lowest BCUT2D eigenvalue weighted by atomic mass is 10.1. The van der Waals surface area contributed by atoms with E-state index in [4.69, 9.17) is 11.6 Å². The van der Waals surface area contributed by atoms with E-state index in [1.54, 1.807) is 11.9 Å². The van der Waals surface area contributed by atoms with Crippen LogP contribution < -0.4 is 0 Å². The number of carbonyl (C=O) groups is 1. The highest BCUT2D eigenvalue weighted by atomic mass is 127. The zero-order chi connectivity index (χ0) is 15.6. The number of carbonyl (C=O) groups excluding carboxylic acids is 1. The standard InChI is InChI=1S/C16H14BrClINO/c1-10(12-5-3-4-6-15(12)18)20(2)16(21)13-9-11(19)7-8-14(13)17/h3-10H,1-2H3. The fourth-order valence-electron chi connectivity index (χ4n) is 2.05. The molecule has 0 saturated carbocycles. The van der Waals surface area contributed by atoms with Gasteiger partial charge in [-0.05, 0) is 75.3 Å². The van der Waals surface area contributed by atoms with Gasteiger partial charge in [0, 0.05) is 20.1 Å². The van der Waals surface area contributed by atoms with Gasteiger partial charge in [0.25, 0.3) is 5.91 Å². The summed E-state index contributed by atoms with van der Waals surface area (Å²) < 4.78 is 1.82. The van der Waals surface area contributed by atoms with E-state index in [9.17, 15) is 4.79 Å². The van der Waals surface area contributed by atoms with Crippen molar-refractivity contribution < 1.29 is 4.79 Å². The third-order valence-electron chi connectivity index (χ3n) is 3.42. The van der Waals surface area contributed by atoms with Gasteiger partial charge in [-0.3, -0.25) is 4.79 Å². The summed E-state index contributed by atoms with van der Waals surface area (Å²) in [5, 5.41) is 0.673. The van der Waals surface area contributed by atoms with Crippen LogP contribution in [0.1, 0.15) is 28.9 Å². The van der Waals surface area contributed by atoms with E-state index in [1.807, 2.05) is 49.4 Å². The van der Waals surface area contributed by atoms with Gasteiger partial charge in [0.15, 0.2) is 0 Å². The lowest BCUT2D eigenvalue weighted by Crippen LogP contribution is -2.30. The Kier molecular flexibility index (Phi) is 5.68. The average molecular weight is 479 g/mol. The molecule has 0 heterocycles. The molecular formula is C16H14BrClINO. The van der Waals surface area contributed by atoms with Crippen molar-refractivity contribution in [3.63, 3.8) is 0 Å². The second-order valence-corrected chi connectivity index (χ2v) is 7.24. The number of halogens is 3. The van der Waals surface area contributed by atoms with Gasteiger partial charge in [-0.25, -0.2) is 0 Å². The van der Waals surface area contributed by atoms with Crippen LogP contribution in [0.3, 0.4) is 0 Å². The minimum atomic E-state index is -0.101. The molecular weight excluding hydrogens is 464 g/mol. The summed E-state index contributed by atoms with van der Waals surface area (Å²) >= 11 is 11.9. The van der Waals surface area contributed by atoms with Gasteiger partial charge in [-0.1, -0.05) is 29.8 Å². The Morgan fingerprint density at radius 1 is 1.29 bits per heavy atom. The summed E-state index contributed by atoms with van der Waals surface area (Å²) in [7, 11) is 1.79. The van der Waals surface area contributed by atoms with E-state index in [-0.39, 0.29) is 11.9 Å². The number of nitrogens with zero attached hydrogens (tertiary/aromatic N) is 1. The SMILES string of the molecule is CC(c1ccccc1Cl)N(C)C(=O)c1cc(I)ccc1Br. The first kappa shape index (κ1) is 16.8. The molecule has 2 aromatic carbocycles. The van der Waals surface area contributed by atoms with Crippen LogP contribution in [0, 0.1) is 3.57 Å². The van der Waals surface area contributed by atoms with Crippen molar-refractivity contribution in [2.45, 2.75) is 13.0 Å². The highest BCUT2D eigenvalue weighted by Gasteiger charge is 2.22. The van der Waals surface area contributed by atoms with Crippen molar-refractivity contribution in [2.75, 3.05) is 7.05 Å². The molecule has 0 aliphatic heterocycles. The molecule has 1 amide bonds. The molecule has 0 aliphatic carbocycles. The molecule has 5 heteroatoms. The number of rotatable bonds is 3. The molecule has 2 nitrogen and oxygen atoms in total. The van der Waals surface area contributed by atoms with Crippen molar-refractivity contribution in [1.29, 1.82) is 0 Å². The van der Waals surface area contributed by atoms with E-state index in [0.29, 0.717) is 10.6 Å². The molecule has 0 aliphatic rings. The van der Waals surface area contributed by atoms with Crippen molar-refractivity contribution in [2.24, 2.45) is 0 Å². The Hall–Kier alpha value is -0.590. The Bertz CT molecular complexity index is 677. The molecule has 0 fully saturated rings. The highest BCUT2D eigenvalue weighted by molar-refractivity contribution is 14.1. The summed E-state index contributed by atoms with van der Waals surface area (Å²) in [5.41, 5.74) is 1.60. The zero-order valence-corrected chi connectivity index (χ0v) is 16.1. The highest BCUT2D eigenvalue weighted by Crippen LogP contribution is 2.29. The van der Waals surface area contributed by atoms with Crippen molar-refractivity contribution in [3.8, 4) is 0 Å². The van der Waals surface area contributed by atoms with E-state index in [1.165, 1.54) is 0 Å². The van der Waals surface area contributed by atoms with E-state index in [0.717, 1.165) is 13.6 Å². The van der Waals surface area contributed by atoms with Crippen LogP contribution in [0.2, 0.25) is 5.02 Å². The third-order valence-corrected chi connectivity index (χ3v) is 5.12. The van der Waals surface area contributed by atoms with E-state index in [2.05, 4.69) is 38.5 Å². The first-order valence-corrected chi connectivity index (χ1v) is 8.63. The minimum Gasteiger partial charge on any atom is -0.335 e. The quantitative estimate of drug-likeness (QED) is 0.531. The van der Waals surface area contributed by atoms with Gasteiger partial charge >= 0.3 is 0 Å². The molecule has 0 spiro atoms. The molecule has 0 saturated heterocycles. The maximum absolute atomic E-state index is 12.7. The van der Waals surface area contributed by atoms with E-state index < -0.39 is 0 Å². The maximum Gasteiger partial charge on any atom is 0.255 e. The molecule has 21 heavy (non-hydrogen) atoms. The van der Waals surface area contributed by atoms with Crippen LogP contribution in [0.15, 0.2) is 46.9 Å². The largest absolute Gasteiger partial charge is 0.335 e. The molecule has 0 aromatic heterocycles. The zero-order valence-electron chi connectivity index (χ0n) is 11.6. The van der Waals surface area contributed by atoms with Crippen LogP contribution in [-0.2, 0) is 0 Å². The average Bonchev–Trinajstić information content (AvgIpc) is 2.48. The number of hydrogen-bond acceptors (Lipinski definition) is 1. The van der Waals surface area contributed by atoms with Gasteiger partial charge in [-0.15, -0.1) is 0 Å². The summed E-state index contributed by atoms with van der Waals surface area (Å²) in [6.07, 6.45) is 0. The Morgan fingerprint density at radius 3 is 2.62 bits per heavy atom. The lowest BCUT2D eigenvalue weighted by Gasteiger charge is -2.26. The van der Waals surface area contributed by atoms with Crippen LogP contribution in [0.5, 0.6) is 0 Å². The summed E-state index contributed by atoms with van der Waals surface area (Å²) in [6.45, 7) is 1.97. The predicted octanol–water partition coefficient (Wildman–Crippen LogP) is 5.54. The third kappa shape index (κ3) is 3.79. The van der Waals surface area contributed by atoms with Gasteiger partial charge in [0.1, 0.15) is 0 Å². The molecule has 1 atom stereocenters. The Balaban J connectivity index is 2.31. The Morgan fingerprint density at radius 2 is 1.95 bits per heavy atom. The lowest BCUT2D eigenvalue weighted by molar-refractivity contribution is 0.0741. The van der Waals surface area contributed by atoms with Gasteiger partial charge < -0.3 is 4.90 Å². The van der Waals surface area contributed by atoms with E-state index >= 15 is 0 Å². The van der Waals surface area contributed by atoms with Gasteiger partial charge in [0.2, 0.25) is 0 Å². The number of benzene rings is 2. The number of hydrogen-bond donors (Lipinski definition) is 0. The number of amides is 1. The van der Waals surface area contributed by atoms with Crippen LogP contribution in [0.25, 0.3) is 0 Å². The maximum atomic E-state index is 12.7. The van der Waals surface area contributed by atoms with Crippen LogP contribution >= 0.6 is 50.1 Å². The Labute approximate surface area is 151 Å². The van der Waals surface area contributed by atoms with Gasteiger partial charge in [0.05, 0.1) is 11.6 Å². The first-order chi connectivity index (χ1) is 9.91. The van der Waals surface area contributed by atoms with Crippen LogP contribution in [0.4, 0.5) is 0 Å². The molecule has 0 radical (unpaired) electrons. The summed E-state index contributed by atoms with van der Waals surface area (Å²) in [6, 6.07) is 13.2. The second kappa shape index (κ2) is 7.11. The molecule has 2 aromatic rings. The van der Waals surface area contributed by atoms with Crippen molar-refractivity contribution >= 4 is 56.0 Å². The van der Waals surface area contributed by atoms with Crippen molar-refractivity contribution in [1.82, 2.24) is 4.90 Å². The summed E-state index contributed by atoms with van der Waals surface area (Å²) in [5.74, 6) is -0.0344. The molecule has 0 N–H and O–H groups in total. The first-order valence-electron chi connectivity index (χ1n) is 6.38. The predicted molar refractivity (Wildman–Crippen MR) is 98.8 cm³/mol. The topological polar surface area (TPSA) is 20.3 Å². The minimum absolute atomic E-state index is 0.0344. The monoisotopic (exact) mass is 477 g/mol. The van der Waals surface area contributed by atoms with Crippen LogP contribution in [-0.4, -0.2) is 17.9 Å². The fourth-order valence-corrected chi connectivity index (χ4v) is 3.25. The normalized spacial score (nSPS) is 12.0. The van der Waals surface area contributed by atoms with Crippen molar-refractivity contribution in [3.05, 3.63) is 66.7 Å². The molecule has 2 rings (SSSR count). The molecule has 0 bridgehead atoms.